The molecule has 0 saturated carbocycles. The van der Waals surface area contributed by atoms with Crippen molar-refractivity contribution in [2.24, 2.45) is 5.92 Å². The smallest absolute Gasteiger partial charge is 0.407 e. The zero-order valence-corrected chi connectivity index (χ0v) is 19.2. The highest BCUT2D eigenvalue weighted by atomic mass is 16.5. The summed E-state index contributed by atoms with van der Waals surface area (Å²) in [6.45, 7) is 4.45. The van der Waals surface area contributed by atoms with Crippen LogP contribution < -0.4 is 10.6 Å². The van der Waals surface area contributed by atoms with Crippen molar-refractivity contribution in [1.82, 2.24) is 10.6 Å². The Morgan fingerprint density at radius 3 is 2.18 bits per heavy atom. The van der Waals surface area contributed by atoms with Gasteiger partial charge >= 0.3 is 12.1 Å². The zero-order valence-electron chi connectivity index (χ0n) is 19.2. The molecule has 7 nitrogen and oxygen atoms in total. The van der Waals surface area contributed by atoms with E-state index in [0.717, 1.165) is 0 Å². The van der Waals surface area contributed by atoms with Crippen LogP contribution in [0.4, 0.5) is 4.79 Å². The number of alkyl carbamates (subject to hydrolysis) is 1. The van der Waals surface area contributed by atoms with Crippen molar-refractivity contribution < 1.29 is 24.2 Å². The van der Waals surface area contributed by atoms with E-state index in [1.807, 2.05) is 31.2 Å². The first-order valence-corrected chi connectivity index (χ1v) is 11.5. The Balaban J connectivity index is 1.38. The summed E-state index contributed by atoms with van der Waals surface area (Å²) in [5.41, 5.74) is 4.72. The zero-order chi connectivity index (χ0) is 23.8. The molecule has 1 aliphatic rings. The highest BCUT2D eigenvalue weighted by molar-refractivity contribution is 5.83. The SMILES string of the molecule is CC[C@H](NC(=O)CCC(C)CCNC(=O)OCC1c2ccccc2-c2ccccc21)C(=O)O. The Bertz CT molecular complexity index is 945. The molecule has 2 amide bonds. The van der Waals surface area contributed by atoms with Crippen LogP contribution >= 0.6 is 0 Å². The van der Waals surface area contributed by atoms with Gasteiger partial charge in [0.25, 0.3) is 0 Å². The highest BCUT2D eigenvalue weighted by Crippen LogP contribution is 2.44. The Hall–Kier alpha value is -3.35. The van der Waals surface area contributed by atoms with Crippen LogP contribution in [0.15, 0.2) is 48.5 Å². The van der Waals surface area contributed by atoms with Crippen LogP contribution in [0, 0.1) is 5.92 Å². The maximum absolute atomic E-state index is 12.2. The quantitative estimate of drug-likeness (QED) is 0.471. The van der Waals surface area contributed by atoms with Crippen LogP contribution in [-0.4, -0.2) is 42.3 Å². The van der Waals surface area contributed by atoms with Crippen molar-refractivity contribution >= 4 is 18.0 Å². The summed E-state index contributed by atoms with van der Waals surface area (Å²) >= 11 is 0. The van der Waals surface area contributed by atoms with Crippen LogP contribution in [-0.2, 0) is 14.3 Å². The molecule has 7 heteroatoms. The van der Waals surface area contributed by atoms with Gasteiger partial charge in [-0.15, -0.1) is 0 Å². The van der Waals surface area contributed by atoms with E-state index in [-0.39, 0.29) is 30.8 Å². The number of carbonyl (C=O) groups excluding carboxylic acids is 2. The van der Waals surface area contributed by atoms with E-state index in [0.29, 0.717) is 25.8 Å². The summed E-state index contributed by atoms with van der Waals surface area (Å²) in [7, 11) is 0. The van der Waals surface area contributed by atoms with Gasteiger partial charge in [-0.3, -0.25) is 4.79 Å². The Morgan fingerprint density at radius 1 is 1.00 bits per heavy atom. The van der Waals surface area contributed by atoms with Crippen LogP contribution in [0.3, 0.4) is 0 Å². The van der Waals surface area contributed by atoms with Crippen LogP contribution in [0.1, 0.15) is 56.6 Å². The van der Waals surface area contributed by atoms with Gasteiger partial charge in [-0.1, -0.05) is 62.4 Å². The molecule has 33 heavy (non-hydrogen) atoms. The molecular formula is C26H32N2O5. The molecule has 0 aliphatic heterocycles. The Kier molecular flexibility index (Phi) is 8.46. The van der Waals surface area contributed by atoms with E-state index in [9.17, 15) is 14.4 Å². The van der Waals surface area contributed by atoms with Crippen molar-refractivity contribution in [3.8, 4) is 11.1 Å². The number of benzene rings is 2. The lowest BCUT2D eigenvalue weighted by Crippen LogP contribution is -2.40. The van der Waals surface area contributed by atoms with Crippen molar-refractivity contribution in [1.29, 1.82) is 0 Å². The van der Waals surface area contributed by atoms with Gasteiger partial charge < -0.3 is 20.5 Å². The van der Waals surface area contributed by atoms with Crippen molar-refractivity contribution in [2.75, 3.05) is 13.2 Å². The Morgan fingerprint density at radius 2 is 1.61 bits per heavy atom. The van der Waals surface area contributed by atoms with E-state index in [2.05, 4.69) is 34.9 Å². The van der Waals surface area contributed by atoms with Crippen molar-refractivity contribution in [2.45, 2.75) is 51.5 Å². The van der Waals surface area contributed by atoms with Gasteiger partial charge in [-0.25, -0.2) is 9.59 Å². The third-order valence-corrected chi connectivity index (χ3v) is 6.16. The van der Waals surface area contributed by atoms with Gasteiger partial charge in [0.2, 0.25) is 5.91 Å². The third kappa shape index (κ3) is 6.34. The minimum atomic E-state index is -1.02. The number of rotatable bonds is 11. The lowest BCUT2D eigenvalue weighted by molar-refractivity contribution is -0.141. The number of fused-ring (bicyclic) bond motifs is 3. The van der Waals surface area contributed by atoms with Gasteiger partial charge in [0.05, 0.1) is 0 Å². The van der Waals surface area contributed by atoms with E-state index >= 15 is 0 Å². The van der Waals surface area contributed by atoms with Crippen molar-refractivity contribution in [3.63, 3.8) is 0 Å². The second kappa shape index (κ2) is 11.5. The number of aliphatic carboxylic acids is 1. The van der Waals surface area contributed by atoms with E-state index in [1.54, 1.807) is 6.92 Å². The fourth-order valence-corrected chi connectivity index (χ4v) is 4.20. The first-order chi connectivity index (χ1) is 15.9. The second-order valence-corrected chi connectivity index (χ2v) is 8.55. The van der Waals surface area contributed by atoms with E-state index in [1.165, 1.54) is 22.3 Å². The van der Waals surface area contributed by atoms with Crippen molar-refractivity contribution in [3.05, 3.63) is 59.7 Å². The molecular weight excluding hydrogens is 420 g/mol. The topological polar surface area (TPSA) is 105 Å². The molecule has 3 N–H and O–H groups in total. The molecule has 176 valence electrons. The highest BCUT2D eigenvalue weighted by Gasteiger charge is 2.29. The number of carboxylic acid groups (broad SMARTS) is 1. The predicted octanol–water partition coefficient (Wildman–Crippen LogP) is 4.31. The molecule has 2 atom stereocenters. The number of amides is 2. The third-order valence-electron chi connectivity index (χ3n) is 6.16. The van der Waals surface area contributed by atoms with Crippen LogP contribution in [0.25, 0.3) is 11.1 Å². The van der Waals surface area contributed by atoms with Gasteiger partial charge in [0, 0.05) is 18.9 Å². The molecule has 2 aromatic carbocycles. The summed E-state index contributed by atoms with van der Waals surface area (Å²) < 4.78 is 5.53. The van der Waals surface area contributed by atoms with Crippen LogP contribution in [0.2, 0.25) is 0 Å². The minimum absolute atomic E-state index is 0.0262. The summed E-state index contributed by atoms with van der Waals surface area (Å²) in [6, 6.07) is 15.6. The largest absolute Gasteiger partial charge is 0.480 e. The molecule has 0 radical (unpaired) electrons. The average molecular weight is 453 g/mol. The number of hydrogen-bond donors (Lipinski definition) is 3. The number of carbonyl (C=O) groups is 3. The molecule has 1 unspecified atom stereocenters. The second-order valence-electron chi connectivity index (χ2n) is 8.55. The molecule has 1 aliphatic carbocycles. The fraction of sp³-hybridized carbons (Fsp3) is 0.423. The van der Waals surface area contributed by atoms with Gasteiger partial charge in [-0.05, 0) is 47.4 Å². The lowest BCUT2D eigenvalue weighted by Gasteiger charge is -2.16. The number of hydrogen-bond acceptors (Lipinski definition) is 4. The monoisotopic (exact) mass is 452 g/mol. The maximum Gasteiger partial charge on any atom is 0.407 e. The molecule has 0 aromatic heterocycles. The first kappa shape index (κ1) is 24.3. The van der Waals surface area contributed by atoms with E-state index < -0.39 is 18.1 Å². The standard InChI is InChI=1S/C26H32N2O5/c1-3-23(25(30)31)28-24(29)13-12-17(2)14-15-27-26(32)33-16-22-20-10-6-4-8-18(20)19-9-5-7-11-21(19)22/h4-11,17,22-23H,3,12-16H2,1-2H3,(H,27,32)(H,28,29)(H,30,31)/t17?,23-/m0/s1. The van der Waals surface area contributed by atoms with Gasteiger partial charge in [0.15, 0.2) is 0 Å². The van der Waals surface area contributed by atoms with Gasteiger partial charge in [-0.2, -0.15) is 0 Å². The molecule has 0 bridgehead atoms. The summed E-state index contributed by atoms with van der Waals surface area (Å²) in [5.74, 6) is -1.06. The molecule has 3 rings (SSSR count). The number of carboxylic acids is 1. The maximum atomic E-state index is 12.2. The molecule has 0 spiro atoms. The summed E-state index contributed by atoms with van der Waals surface area (Å²) in [4.78, 5) is 35.2. The van der Waals surface area contributed by atoms with Crippen LogP contribution in [0.5, 0.6) is 0 Å². The fourth-order valence-electron chi connectivity index (χ4n) is 4.20. The molecule has 0 fully saturated rings. The normalized spacial score (nSPS) is 14.0. The first-order valence-electron chi connectivity index (χ1n) is 11.5. The predicted molar refractivity (Wildman–Crippen MR) is 126 cm³/mol. The lowest BCUT2D eigenvalue weighted by atomic mass is 9.98. The van der Waals surface area contributed by atoms with Gasteiger partial charge in [0.1, 0.15) is 12.6 Å². The Labute approximate surface area is 194 Å². The number of ether oxygens (including phenoxy) is 1. The average Bonchev–Trinajstić information content (AvgIpc) is 3.13. The molecule has 0 saturated heterocycles. The molecule has 2 aromatic rings. The summed E-state index contributed by atoms with van der Waals surface area (Å²) in [6.07, 6.45) is 1.48. The van der Waals surface area contributed by atoms with E-state index in [4.69, 9.17) is 9.84 Å². The molecule has 0 heterocycles. The minimum Gasteiger partial charge on any atom is -0.480 e. The summed E-state index contributed by atoms with van der Waals surface area (Å²) in [5, 5.41) is 14.3. The number of nitrogens with one attached hydrogen (secondary N) is 2.